The third-order valence-corrected chi connectivity index (χ3v) is 19.2. The van der Waals surface area contributed by atoms with Crippen molar-refractivity contribution in [2.45, 2.75) is 394 Å². The molecule has 0 aliphatic rings. The van der Waals surface area contributed by atoms with Crippen molar-refractivity contribution in [2.24, 2.45) is 11.8 Å². The summed E-state index contributed by atoms with van der Waals surface area (Å²) in [7, 11) is -9.93. The zero-order chi connectivity index (χ0) is 70.7. The van der Waals surface area contributed by atoms with Gasteiger partial charge in [0.15, 0.2) is 12.2 Å². The molecular formula is C77H146O17P2. The van der Waals surface area contributed by atoms with E-state index in [0.29, 0.717) is 25.7 Å². The second-order valence-corrected chi connectivity index (χ2v) is 30.9. The van der Waals surface area contributed by atoms with Crippen molar-refractivity contribution in [3.63, 3.8) is 0 Å². The molecule has 0 heterocycles. The van der Waals surface area contributed by atoms with E-state index < -0.39 is 97.5 Å². The van der Waals surface area contributed by atoms with E-state index in [-0.39, 0.29) is 25.7 Å². The molecule has 0 aliphatic heterocycles. The lowest BCUT2D eigenvalue weighted by molar-refractivity contribution is -0.161. The first-order chi connectivity index (χ1) is 46.4. The number of carbonyl (C=O) groups is 4. The number of phosphoric ester groups is 2. The summed E-state index contributed by atoms with van der Waals surface area (Å²) in [6, 6.07) is 0. The number of ether oxygens (including phenoxy) is 4. The summed E-state index contributed by atoms with van der Waals surface area (Å²) in [4.78, 5) is 72.9. The number of carbonyl (C=O) groups excluding carboxylic acids is 4. The maximum atomic E-state index is 13.1. The van der Waals surface area contributed by atoms with Crippen LogP contribution in [0.15, 0.2) is 24.3 Å². The van der Waals surface area contributed by atoms with E-state index >= 15 is 0 Å². The Labute approximate surface area is 586 Å². The van der Waals surface area contributed by atoms with Crippen molar-refractivity contribution >= 4 is 39.5 Å². The van der Waals surface area contributed by atoms with E-state index in [0.717, 1.165) is 115 Å². The third kappa shape index (κ3) is 70.0. The lowest BCUT2D eigenvalue weighted by Gasteiger charge is -2.21. The predicted octanol–water partition coefficient (Wildman–Crippen LogP) is 22.3. The molecule has 0 aromatic heterocycles. The van der Waals surface area contributed by atoms with Gasteiger partial charge in [-0.05, 0) is 63.2 Å². The topological polar surface area (TPSA) is 237 Å². The molecule has 0 saturated heterocycles. The number of phosphoric acid groups is 2. The number of hydrogen-bond donors (Lipinski definition) is 3. The number of aliphatic hydroxyl groups excluding tert-OH is 1. The van der Waals surface area contributed by atoms with Gasteiger partial charge in [0.1, 0.15) is 19.3 Å². The van der Waals surface area contributed by atoms with E-state index in [1.165, 1.54) is 180 Å². The summed E-state index contributed by atoms with van der Waals surface area (Å²) in [5.74, 6) is -0.640. The summed E-state index contributed by atoms with van der Waals surface area (Å²) in [6.45, 7) is 9.52. The zero-order valence-corrected chi connectivity index (χ0v) is 63.9. The second-order valence-electron chi connectivity index (χ2n) is 28.0. The summed E-state index contributed by atoms with van der Waals surface area (Å²) >= 11 is 0. The van der Waals surface area contributed by atoms with Crippen LogP contribution >= 0.6 is 15.6 Å². The van der Waals surface area contributed by atoms with Crippen LogP contribution in [0.5, 0.6) is 0 Å². The Morgan fingerprint density at radius 1 is 0.323 bits per heavy atom. The smallest absolute Gasteiger partial charge is 0.462 e. The molecule has 0 fully saturated rings. The maximum Gasteiger partial charge on any atom is 0.472 e. The van der Waals surface area contributed by atoms with E-state index in [9.17, 15) is 43.2 Å². The molecule has 96 heavy (non-hydrogen) atoms. The summed E-state index contributed by atoms with van der Waals surface area (Å²) < 4.78 is 68.5. The van der Waals surface area contributed by atoms with E-state index in [1.807, 2.05) is 0 Å². The van der Waals surface area contributed by atoms with Crippen LogP contribution in [-0.2, 0) is 65.4 Å². The van der Waals surface area contributed by atoms with E-state index in [1.54, 1.807) is 0 Å². The van der Waals surface area contributed by atoms with Gasteiger partial charge in [0, 0.05) is 25.7 Å². The first-order valence-electron chi connectivity index (χ1n) is 39.3. The van der Waals surface area contributed by atoms with Gasteiger partial charge in [-0.2, -0.15) is 0 Å². The third-order valence-electron chi connectivity index (χ3n) is 17.3. The molecule has 0 aromatic rings. The molecule has 19 heteroatoms. The minimum absolute atomic E-state index is 0.0851. The Morgan fingerprint density at radius 2 is 0.562 bits per heavy atom. The van der Waals surface area contributed by atoms with Crippen molar-refractivity contribution in [1.82, 2.24) is 0 Å². The van der Waals surface area contributed by atoms with Crippen LogP contribution < -0.4 is 0 Å². The molecule has 0 aliphatic carbocycles. The fourth-order valence-corrected chi connectivity index (χ4v) is 12.9. The van der Waals surface area contributed by atoms with Crippen molar-refractivity contribution in [1.29, 1.82) is 0 Å². The number of allylic oxidation sites excluding steroid dienone is 4. The first kappa shape index (κ1) is 93.5. The van der Waals surface area contributed by atoms with Crippen LogP contribution in [0.2, 0.25) is 0 Å². The van der Waals surface area contributed by atoms with Crippen LogP contribution in [0.3, 0.4) is 0 Å². The Kier molecular flexibility index (Phi) is 66.6. The number of rotatable bonds is 74. The van der Waals surface area contributed by atoms with Gasteiger partial charge < -0.3 is 33.8 Å². The van der Waals surface area contributed by atoms with Gasteiger partial charge in [0.2, 0.25) is 0 Å². The normalized spacial score (nSPS) is 14.2. The Balaban J connectivity index is 5.30. The van der Waals surface area contributed by atoms with Crippen molar-refractivity contribution in [3.8, 4) is 0 Å². The molecule has 3 N–H and O–H groups in total. The highest BCUT2D eigenvalue weighted by Gasteiger charge is 2.30. The fourth-order valence-electron chi connectivity index (χ4n) is 11.3. The molecule has 0 saturated carbocycles. The lowest BCUT2D eigenvalue weighted by Crippen LogP contribution is -2.30. The number of hydrogen-bond acceptors (Lipinski definition) is 15. The summed E-state index contributed by atoms with van der Waals surface area (Å²) in [5, 5.41) is 10.6. The number of aliphatic hydroxyl groups is 1. The van der Waals surface area contributed by atoms with E-state index in [2.05, 4.69) is 65.8 Å². The van der Waals surface area contributed by atoms with Crippen LogP contribution in [-0.4, -0.2) is 96.7 Å². The Hall–Kier alpha value is -2.46. The molecule has 5 atom stereocenters. The molecule has 17 nitrogen and oxygen atoms in total. The number of esters is 4. The van der Waals surface area contributed by atoms with E-state index in [4.69, 9.17) is 37.0 Å². The van der Waals surface area contributed by atoms with Crippen LogP contribution in [0.25, 0.3) is 0 Å². The molecule has 0 radical (unpaired) electrons. The highest BCUT2D eigenvalue weighted by Crippen LogP contribution is 2.45. The van der Waals surface area contributed by atoms with Crippen molar-refractivity contribution in [2.75, 3.05) is 39.6 Å². The van der Waals surface area contributed by atoms with Gasteiger partial charge in [0.05, 0.1) is 26.4 Å². The average Bonchev–Trinajstić information content (AvgIpc) is 1.14. The quantitative estimate of drug-likeness (QED) is 0.0169. The number of unbranched alkanes of at least 4 members (excludes halogenated alkanes) is 41. The zero-order valence-electron chi connectivity index (χ0n) is 62.2. The van der Waals surface area contributed by atoms with Crippen molar-refractivity contribution in [3.05, 3.63) is 24.3 Å². The first-order valence-corrected chi connectivity index (χ1v) is 42.3. The van der Waals surface area contributed by atoms with Crippen LogP contribution in [0.1, 0.15) is 375 Å². The largest absolute Gasteiger partial charge is 0.472 e. The lowest BCUT2D eigenvalue weighted by atomic mass is 10.0. The average molecular weight is 1410 g/mol. The molecule has 2 unspecified atom stereocenters. The predicted molar refractivity (Wildman–Crippen MR) is 391 cm³/mol. The summed E-state index contributed by atoms with van der Waals surface area (Å²) in [5.41, 5.74) is 0. The minimum atomic E-state index is -4.97. The SMILES string of the molecule is CCCCCC/C=C\C=C/CCCCCCCC(=O)O[C@H](COC(=O)CCCCCCCCCCCCCCC(C)C)COP(=O)(O)OC[C@@H](O)COP(=O)(O)OC[C@@H](COC(=O)CCCCCCCCCCC(C)C)OC(=O)CCCCCCCCCCCCCCCCC. The molecule has 0 bridgehead atoms. The molecule has 0 aromatic carbocycles. The van der Waals surface area contributed by atoms with Gasteiger partial charge in [-0.15, -0.1) is 0 Å². The molecule has 0 rings (SSSR count). The van der Waals surface area contributed by atoms with Gasteiger partial charge >= 0.3 is 39.5 Å². The summed E-state index contributed by atoms with van der Waals surface area (Å²) in [6.07, 6.45) is 59.0. The molecule has 566 valence electrons. The Morgan fingerprint density at radius 3 is 0.854 bits per heavy atom. The fraction of sp³-hybridized carbons (Fsp3) is 0.896. The molecular weight excluding hydrogens is 1260 g/mol. The van der Waals surface area contributed by atoms with Gasteiger partial charge in [-0.1, -0.05) is 323 Å². The van der Waals surface area contributed by atoms with Crippen molar-refractivity contribution < 1.29 is 80.2 Å². The molecule has 0 spiro atoms. The Bertz CT molecular complexity index is 1950. The van der Waals surface area contributed by atoms with Crippen LogP contribution in [0.4, 0.5) is 0 Å². The highest BCUT2D eigenvalue weighted by molar-refractivity contribution is 7.47. The van der Waals surface area contributed by atoms with Gasteiger partial charge in [-0.3, -0.25) is 37.3 Å². The van der Waals surface area contributed by atoms with Gasteiger partial charge in [0.25, 0.3) is 0 Å². The molecule has 0 amide bonds. The van der Waals surface area contributed by atoms with Gasteiger partial charge in [-0.25, -0.2) is 9.13 Å². The highest BCUT2D eigenvalue weighted by atomic mass is 31.2. The standard InChI is InChI=1S/C77H146O17P2/c1-7-9-11-13-15-17-19-21-23-25-31-35-43-49-55-61-76(81)93-72(65-87-74(79)59-53-47-41-34-30-28-27-29-33-39-45-51-57-69(3)4)67-91-95(83,84)89-63-71(78)64-90-96(85,86)92-68-73(66-88-75(80)60-54-48-42-38-37-40-46-52-58-70(5)6)94-77(82)62-56-50-44-36-32-26-24-22-20-18-16-14-12-10-8-2/h17,19,21,23,69-73,78H,7-16,18,20,22,24-68H2,1-6H3,(H,83,84)(H,85,86)/b19-17-,23-21-/t71-,72-,73-/m1/s1. The second kappa shape index (κ2) is 68.3. The maximum absolute atomic E-state index is 13.1. The monoisotopic (exact) mass is 1410 g/mol. The minimum Gasteiger partial charge on any atom is -0.462 e. The van der Waals surface area contributed by atoms with Crippen LogP contribution in [0, 0.1) is 11.8 Å².